The predicted molar refractivity (Wildman–Crippen MR) is 82.5 cm³/mol. The summed E-state index contributed by atoms with van der Waals surface area (Å²) in [7, 11) is -3.21. The van der Waals surface area contributed by atoms with E-state index in [1.54, 1.807) is 4.90 Å². The average molecular weight is 317 g/mol. The topological polar surface area (TPSA) is 78.5 Å². The van der Waals surface area contributed by atoms with Crippen molar-refractivity contribution in [3.63, 3.8) is 0 Å². The summed E-state index contributed by atoms with van der Waals surface area (Å²) in [6.45, 7) is 1.89. The molecule has 0 spiro atoms. The fourth-order valence-electron chi connectivity index (χ4n) is 3.35. The van der Waals surface area contributed by atoms with Crippen LogP contribution in [0.3, 0.4) is 0 Å². The highest BCUT2D eigenvalue weighted by Crippen LogP contribution is 2.26. The van der Waals surface area contributed by atoms with Gasteiger partial charge < -0.3 is 10.2 Å². The minimum Gasteiger partial charge on any atom is -0.338 e. The van der Waals surface area contributed by atoms with E-state index in [9.17, 15) is 13.2 Å². The fraction of sp³-hybridized carbons (Fsp3) is 0.929. The first-order valence-corrected chi connectivity index (χ1v) is 9.83. The summed E-state index contributed by atoms with van der Waals surface area (Å²) < 4.78 is 25.1. The maximum atomic E-state index is 12.1. The van der Waals surface area contributed by atoms with Crippen molar-refractivity contribution in [2.75, 3.05) is 25.9 Å². The molecule has 2 rings (SSSR count). The third-order valence-corrected chi connectivity index (χ3v) is 5.15. The van der Waals surface area contributed by atoms with E-state index in [1.807, 2.05) is 0 Å². The van der Waals surface area contributed by atoms with Crippen LogP contribution in [-0.2, 0) is 10.0 Å². The Morgan fingerprint density at radius 3 is 2.57 bits per heavy atom. The molecule has 0 bridgehead atoms. The van der Waals surface area contributed by atoms with Crippen LogP contribution in [0.5, 0.6) is 0 Å². The molecule has 2 N–H and O–H groups in total. The number of carbonyl (C=O) groups excluding carboxylic acids is 1. The number of nitrogens with one attached hydrogen (secondary N) is 2. The molecule has 2 amide bonds. The minimum absolute atomic E-state index is 0.0620. The van der Waals surface area contributed by atoms with Gasteiger partial charge >= 0.3 is 6.03 Å². The average Bonchev–Trinajstić information content (AvgIpc) is 2.90. The Morgan fingerprint density at radius 2 is 1.90 bits per heavy atom. The van der Waals surface area contributed by atoms with Crippen LogP contribution in [0.25, 0.3) is 0 Å². The molecule has 1 saturated heterocycles. The van der Waals surface area contributed by atoms with Gasteiger partial charge in [0.2, 0.25) is 10.0 Å². The van der Waals surface area contributed by atoms with Crippen molar-refractivity contribution in [3.8, 4) is 0 Å². The Kier molecular flexibility index (Phi) is 5.87. The molecule has 0 aromatic heterocycles. The van der Waals surface area contributed by atoms with Crippen molar-refractivity contribution in [1.29, 1.82) is 0 Å². The Balaban J connectivity index is 1.71. The van der Waals surface area contributed by atoms with Crippen LogP contribution in [0.15, 0.2) is 0 Å². The first-order valence-electron chi connectivity index (χ1n) is 7.94. The molecule has 0 aromatic carbocycles. The zero-order valence-corrected chi connectivity index (χ0v) is 13.6. The molecule has 0 unspecified atom stereocenters. The molecular formula is C14H27N3O3S. The van der Waals surface area contributed by atoms with E-state index in [2.05, 4.69) is 10.0 Å². The number of hydrogen-bond acceptors (Lipinski definition) is 3. The largest absolute Gasteiger partial charge is 0.338 e. The van der Waals surface area contributed by atoms with Crippen LogP contribution in [0, 0.1) is 5.92 Å². The molecule has 1 aliphatic carbocycles. The summed E-state index contributed by atoms with van der Waals surface area (Å²) in [5, 5.41) is 2.97. The lowest BCUT2D eigenvalue weighted by atomic mass is 10.0. The van der Waals surface area contributed by atoms with Crippen molar-refractivity contribution in [2.24, 2.45) is 5.92 Å². The van der Waals surface area contributed by atoms with Crippen molar-refractivity contribution in [3.05, 3.63) is 0 Å². The van der Waals surface area contributed by atoms with Gasteiger partial charge in [0, 0.05) is 25.7 Å². The monoisotopic (exact) mass is 317 g/mol. The van der Waals surface area contributed by atoms with Gasteiger partial charge in [0.05, 0.1) is 6.26 Å². The number of hydrogen-bond donors (Lipinski definition) is 2. The summed E-state index contributed by atoms with van der Waals surface area (Å²) in [5.41, 5.74) is 0. The predicted octanol–water partition coefficient (Wildman–Crippen LogP) is 1.29. The van der Waals surface area contributed by atoms with Crippen LogP contribution >= 0.6 is 0 Å². The maximum Gasteiger partial charge on any atom is 0.317 e. The van der Waals surface area contributed by atoms with Crippen molar-refractivity contribution in [1.82, 2.24) is 14.9 Å². The van der Waals surface area contributed by atoms with Crippen molar-refractivity contribution >= 4 is 16.1 Å². The molecule has 0 aromatic rings. The summed E-state index contributed by atoms with van der Waals surface area (Å²) in [5.74, 6) is 0.770. The third kappa shape index (κ3) is 5.82. The molecular weight excluding hydrogens is 290 g/mol. The lowest BCUT2D eigenvalue weighted by molar-refractivity contribution is 0.177. The molecule has 0 radical (unpaired) electrons. The molecule has 21 heavy (non-hydrogen) atoms. The Morgan fingerprint density at radius 1 is 1.19 bits per heavy atom. The van der Waals surface area contributed by atoms with Gasteiger partial charge in [-0.2, -0.15) is 0 Å². The Hall–Kier alpha value is -0.820. The van der Waals surface area contributed by atoms with E-state index in [-0.39, 0.29) is 12.1 Å². The highest BCUT2D eigenvalue weighted by molar-refractivity contribution is 7.88. The Bertz CT molecular complexity index is 446. The van der Waals surface area contributed by atoms with E-state index in [4.69, 9.17) is 0 Å². The standard InChI is InChI=1S/C14H27N3O3S/c1-21(19,20)16-13-7-4-10-17(11-13)14(18)15-9-8-12-5-2-3-6-12/h12-13,16H,2-11H2,1H3,(H,15,18)/t13-/m1/s1. The van der Waals surface area contributed by atoms with Crippen LogP contribution in [0.1, 0.15) is 44.9 Å². The Labute approximate surface area is 127 Å². The van der Waals surface area contributed by atoms with E-state index < -0.39 is 10.0 Å². The van der Waals surface area contributed by atoms with Gasteiger partial charge in [0.25, 0.3) is 0 Å². The number of piperidine rings is 1. The summed E-state index contributed by atoms with van der Waals surface area (Å²) in [6.07, 6.45) is 9.08. The van der Waals surface area contributed by atoms with E-state index in [0.29, 0.717) is 13.1 Å². The van der Waals surface area contributed by atoms with Crippen LogP contribution in [0.2, 0.25) is 0 Å². The SMILES string of the molecule is CS(=O)(=O)N[C@@H]1CCCN(C(=O)NCCC2CCCC2)C1. The molecule has 1 saturated carbocycles. The smallest absolute Gasteiger partial charge is 0.317 e. The van der Waals surface area contributed by atoms with Crippen molar-refractivity contribution < 1.29 is 13.2 Å². The normalized spacial score (nSPS) is 24.2. The first-order chi connectivity index (χ1) is 9.94. The number of nitrogens with zero attached hydrogens (tertiary/aromatic N) is 1. The fourth-order valence-corrected chi connectivity index (χ4v) is 4.15. The molecule has 6 nitrogen and oxygen atoms in total. The second-order valence-corrected chi connectivity index (χ2v) is 8.13. The molecule has 1 heterocycles. The van der Waals surface area contributed by atoms with Gasteiger partial charge in [0.15, 0.2) is 0 Å². The molecule has 1 aliphatic heterocycles. The first kappa shape index (κ1) is 16.5. The molecule has 122 valence electrons. The molecule has 2 aliphatic rings. The van der Waals surface area contributed by atoms with Gasteiger partial charge in [-0.05, 0) is 25.2 Å². The van der Waals surface area contributed by atoms with Crippen LogP contribution < -0.4 is 10.0 Å². The van der Waals surface area contributed by atoms with Gasteiger partial charge in [0.1, 0.15) is 0 Å². The number of carbonyl (C=O) groups is 1. The van der Waals surface area contributed by atoms with Gasteiger partial charge in [-0.25, -0.2) is 17.9 Å². The number of rotatable bonds is 5. The zero-order chi connectivity index (χ0) is 15.3. The van der Waals surface area contributed by atoms with Crippen LogP contribution in [-0.4, -0.2) is 51.3 Å². The van der Waals surface area contributed by atoms with E-state index in [0.717, 1.165) is 38.0 Å². The number of sulfonamides is 1. The lowest BCUT2D eigenvalue weighted by Crippen LogP contribution is -2.52. The van der Waals surface area contributed by atoms with Gasteiger partial charge in [-0.15, -0.1) is 0 Å². The second-order valence-electron chi connectivity index (χ2n) is 6.35. The van der Waals surface area contributed by atoms with E-state index >= 15 is 0 Å². The summed E-state index contributed by atoms with van der Waals surface area (Å²) in [4.78, 5) is 13.8. The van der Waals surface area contributed by atoms with Gasteiger partial charge in [-0.1, -0.05) is 25.7 Å². The summed E-state index contributed by atoms with van der Waals surface area (Å²) >= 11 is 0. The quantitative estimate of drug-likeness (QED) is 0.802. The van der Waals surface area contributed by atoms with Gasteiger partial charge in [-0.3, -0.25) is 0 Å². The summed E-state index contributed by atoms with van der Waals surface area (Å²) in [6, 6.07) is -0.220. The maximum absolute atomic E-state index is 12.1. The molecule has 7 heteroatoms. The third-order valence-electron chi connectivity index (χ3n) is 4.39. The number of likely N-dealkylation sites (tertiary alicyclic amines) is 1. The van der Waals surface area contributed by atoms with Crippen molar-refractivity contribution in [2.45, 2.75) is 51.0 Å². The lowest BCUT2D eigenvalue weighted by Gasteiger charge is -2.32. The minimum atomic E-state index is -3.21. The second kappa shape index (κ2) is 7.45. The highest BCUT2D eigenvalue weighted by Gasteiger charge is 2.25. The van der Waals surface area contributed by atoms with E-state index in [1.165, 1.54) is 25.7 Å². The number of amides is 2. The molecule has 2 fully saturated rings. The van der Waals surface area contributed by atoms with Crippen LogP contribution in [0.4, 0.5) is 4.79 Å². The highest BCUT2D eigenvalue weighted by atomic mass is 32.2. The zero-order valence-electron chi connectivity index (χ0n) is 12.8. The molecule has 1 atom stereocenters. The number of urea groups is 1.